The van der Waals surface area contributed by atoms with Gasteiger partial charge in [0.15, 0.2) is 11.5 Å². The average molecular weight is 416 g/mol. The fraction of sp³-hybridized carbons (Fsp3) is 0.211. The van der Waals surface area contributed by atoms with Crippen molar-refractivity contribution in [3.8, 4) is 11.5 Å². The van der Waals surface area contributed by atoms with Crippen LogP contribution < -0.4 is 15.0 Å². The van der Waals surface area contributed by atoms with Gasteiger partial charge in [-0.2, -0.15) is 9.78 Å². The van der Waals surface area contributed by atoms with E-state index in [2.05, 4.69) is 26.0 Å². The van der Waals surface area contributed by atoms with Crippen molar-refractivity contribution in [2.45, 2.75) is 13.8 Å². The highest BCUT2D eigenvalue weighted by Gasteiger charge is 2.08. The molecule has 26 heavy (non-hydrogen) atoms. The smallest absolute Gasteiger partial charge is 0.282 e. The van der Waals surface area contributed by atoms with E-state index < -0.39 is 0 Å². The van der Waals surface area contributed by atoms with E-state index in [4.69, 9.17) is 9.47 Å². The molecular weight excluding hydrogens is 398 g/mol. The predicted molar refractivity (Wildman–Crippen MR) is 106 cm³/mol. The molecule has 134 valence electrons. The number of ether oxygens (including phenoxy) is 2. The second kappa shape index (κ2) is 7.70. The number of hydrogen-bond acceptors (Lipinski definition) is 5. The number of rotatable bonds is 5. The van der Waals surface area contributed by atoms with Crippen molar-refractivity contribution in [2.24, 2.45) is 5.10 Å². The molecule has 0 aliphatic carbocycles. The molecule has 0 aliphatic heterocycles. The summed E-state index contributed by atoms with van der Waals surface area (Å²) in [5, 5.41) is 4.82. The maximum absolute atomic E-state index is 12.7. The van der Waals surface area contributed by atoms with Crippen molar-refractivity contribution in [3.05, 3.63) is 62.6 Å². The van der Waals surface area contributed by atoms with Crippen LogP contribution in [0.3, 0.4) is 0 Å². The lowest BCUT2D eigenvalue weighted by atomic mass is 10.2. The molecule has 0 radical (unpaired) electrons. The Morgan fingerprint density at radius 2 is 2.04 bits per heavy atom. The van der Waals surface area contributed by atoms with Crippen molar-refractivity contribution >= 4 is 33.0 Å². The Bertz CT molecular complexity index is 1040. The van der Waals surface area contributed by atoms with E-state index in [1.807, 2.05) is 25.1 Å². The van der Waals surface area contributed by atoms with E-state index in [-0.39, 0.29) is 5.56 Å². The number of benzene rings is 2. The Hall–Kier alpha value is -2.67. The number of methoxy groups -OCH3 is 1. The molecule has 0 atom stereocenters. The summed E-state index contributed by atoms with van der Waals surface area (Å²) in [7, 11) is 1.59. The van der Waals surface area contributed by atoms with Gasteiger partial charge in [-0.25, -0.2) is 4.98 Å². The molecule has 6 nitrogen and oxygen atoms in total. The molecule has 0 aliphatic rings. The lowest BCUT2D eigenvalue weighted by Crippen LogP contribution is -2.20. The summed E-state index contributed by atoms with van der Waals surface area (Å²) in [6.07, 6.45) is 1.60. The van der Waals surface area contributed by atoms with Gasteiger partial charge >= 0.3 is 0 Å². The van der Waals surface area contributed by atoms with Crippen molar-refractivity contribution in [2.75, 3.05) is 13.7 Å². The molecule has 2 aromatic carbocycles. The van der Waals surface area contributed by atoms with Crippen LogP contribution in [0.15, 0.2) is 50.8 Å². The third kappa shape index (κ3) is 3.62. The first kappa shape index (κ1) is 18.1. The molecule has 1 aromatic heterocycles. The zero-order valence-electron chi connectivity index (χ0n) is 14.7. The van der Waals surface area contributed by atoms with Crippen molar-refractivity contribution in [3.63, 3.8) is 0 Å². The van der Waals surface area contributed by atoms with Crippen LogP contribution in [0.5, 0.6) is 11.5 Å². The minimum Gasteiger partial charge on any atom is -0.493 e. The molecule has 0 spiro atoms. The highest BCUT2D eigenvalue weighted by atomic mass is 79.9. The molecule has 0 amide bonds. The molecule has 3 rings (SSSR count). The Morgan fingerprint density at radius 3 is 2.77 bits per heavy atom. The molecular formula is C19H18BrN3O3. The molecule has 3 aromatic rings. The highest BCUT2D eigenvalue weighted by molar-refractivity contribution is 9.10. The summed E-state index contributed by atoms with van der Waals surface area (Å²) in [6.45, 7) is 4.18. The predicted octanol–water partition coefficient (Wildman–Crippen LogP) is 3.76. The van der Waals surface area contributed by atoms with Crippen molar-refractivity contribution in [1.82, 2.24) is 9.66 Å². The Kier molecular flexibility index (Phi) is 5.37. The van der Waals surface area contributed by atoms with Crippen LogP contribution in [0.2, 0.25) is 0 Å². The minimum absolute atomic E-state index is 0.219. The van der Waals surface area contributed by atoms with Crippen LogP contribution in [0.25, 0.3) is 10.9 Å². The first-order chi connectivity index (χ1) is 12.5. The van der Waals surface area contributed by atoms with Crippen LogP contribution >= 0.6 is 15.9 Å². The normalized spacial score (nSPS) is 11.2. The molecule has 7 heteroatoms. The van der Waals surface area contributed by atoms with E-state index in [0.717, 1.165) is 10.0 Å². The standard InChI is InChI=1S/C19H18BrN3O3/c1-4-26-18-9-13(5-8-17(18)25-3)11-21-23-12(2)22-16-7-6-14(20)10-15(16)19(23)24/h5-11H,4H2,1-3H3. The molecule has 1 heterocycles. The minimum atomic E-state index is -0.219. The van der Waals surface area contributed by atoms with Crippen LogP contribution in [-0.2, 0) is 0 Å². The summed E-state index contributed by atoms with van der Waals surface area (Å²) in [4.78, 5) is 17.2. The summed E-state index contributed by atoms with van der Waals surface area (Å²) in [5.41, 5.74) is 1.21. The maximum Gasteiger partial charge on any atom is 0.282 e. The van der Waals surface area contributed by atoms with E-state index in [9.17, 15) is 4.79 Å². The first-order valence-corrected chi connectivity index (χ1v) is 8.87. The van der Waals surface area contributed by atoms with Crippen LogP contribution in [0.1, 0.15) is 18.3 Å². The zero-order chi connectivity index (χ0) is 18.7. The zero-order valence-corrected chi connectivity index (χ0v) is 16.3. The Labute approximate surface area is 159 Å². The second-order valence-corrected chi connectivity index (χ2v) is 6.44. The number of fused-ring (bicyclic) bond motifs is 1. The van der Waals surface area contributed by atoms with Gasteiger partial charge in [-0.3, -0.25) is 4.79 Å². The number of aryl methyl sites for hydroxylation is 1. The van der Waals surface area contributed by atoms with E-state index >= 15 is 0 Å². The van der Waals surface area contributed by atoms with Crippen molar-refractivity contribution < 1.29 is 9.47 Å². The lowest BCUT2D eigenvalue weighted by molar-refractivity contribution is 0.311. The van der Waals surface area contributed by atoms with Gasteiger partial charge in [-0.1, -0.05) is 15.9 Å². The number of halogens is 1. The fourth-order valence-electron chi connectivity index (χ4n) is 2.56. The van der Waals surface area contributed by atoms with Gasteiger partial charge in [0.25, 0.3) is 5.56 Å². The third-order valence-electron chi connectivity index (χ3n) is 3.78. The molecule has 0 saturated heterocycles. The lowest BCUT2D eigenvalue weighted by Gasteiger charge is -2.09. The molecule has 0 N–H and O–H groups in total. The van der Waals surface area contributed by atoms with Crippen LogP contribution in [0.4, 0.5) is 0 Å². The number of nitrogens with zero attached hydrogens (tertiary/aromatic N) is 3. The number of hydrogen-bond donors (Lipinski definition) is 0. The SMILES string of the molecule is CCOc1cc(C=Nn2c(C)nc3ccc(Br)cc3c2=O)ccc1OC. The molecule has 0 saturated carbocycles. The largest absolute Gasteiger partial charge is 0.493 e. The summed E-state index contributed by atoms with van der Waals surface area (Å²) in [6, 6.07) is 10.9. The van der Waals surface area contributed by atoms with Gasteiger partial charge in [0.05, 0.1) is 30.8 Å². The van der Waals surface area contributed by atoms with E-state index in [0.29, 0.717) is 34.8 Å². The van der Waals surface area contributed by atoms with Gasteiger partial charge < -0.3 is 9.47 Å². The number of aromatic nitrogens is 2. The molecule has 0 unspecified atom stereocenters. The summed E-state index contributed by atoms with van der Waals surface area (Å²) < 4.78 is 13.0. The fourth-order valence-corrected chi connectivity index (χ4v) is 2.92. The molecule has 0 bridgehead atoms. The van der Waals surface area contributed by atoms with Crippen LogP contribution in [0, 0.1) is 6.92 Å². The summed E-state index contributed by atoms with van der Waals surface area (Å²) in [5.74, 6) is 1.79. The topological polar surface area (TPSA) is 65.7 Å². The third-order valence-corrected chi connectivity index (χ3v) is 4.27. The summed E-state index contributed by atoms with van der Waals surface area (Å²) >= 11 is 3.38. The maximum atomic E-state index is 12.7. The van der Waals surface area contributed by atoms with E-state index in [1.54, 1.807) is 38.4 Å². The van der Waals surface area contributed by atoms with Gasteiger partial charge in [0, 0.05) is 4.47 Å². The van der Waals surface area contributed by atoms with Crippen LogP contribution in [-0.4, -0.2) is 29.6 Å². The van der Waals surface area contributed by atoms with Gasteiger partial charge in [-0.15, -0.1) is 0 Å². The average Bonchev–Trinajstić information content (AvgIpc) is 2.63. The highest BCUT2D eigenvalue weighted by Crippen LogP contribution is 2.27. The second-order valence-electron chi connectivity index (χ2n) is 5.53. The molecule has 0 fully saturated rings. The van der Waals surface area contributed by atoms with Gasteiger partial charge in [-0.05, 0) is 55.8 Å². The van der Waals surface area contributed by atoms with Gasteiger partial charge in [0.1, 0.15) is 5.82 Å². The van der Waals surface area contributed by atoms with Gasteiger partial charge in [0.2, 0.25) is 0 Å². The van der Waals surface area contributed by atoms with Crippen molar-refractivity contribution in [1.29, 1.82) is 0 Å². The quantitative estimate of drug-likeness (QED) is 0.595. The Balaban J connectivity index is 2.03. The first-order valence-electron chi connectivity index (χ1n) is 8.07. The van der Waals surface area contributed by atoms with E-state index in [1.165, 1.54) is 4.68 Å². The Morgan fingerprint density at radius 1 is 1.23 bits per heavy atom. The monoisotopic (exact) mass is 415 g/mol.